The summed E-state index contributed by atoms with van der Waals surface area (Å²) in [6.07, 6.45) is 0.504. The van der Waals surface area contributed by atoms with E-state index in [2.05, 4.69) is 27.3 Å². The summed E-state index contributed by atoms with van der Waals surface area (Å²) >= 11 is 0.643. The van der Waals surface area contributed by atoms with Crippen molar-refractivity contribution in [2.24, 2.45) is 5.92 Å². The number of hydrogen-bond donors (Lipinski definition) is 2. The first kappa shape index (κ1) is 21.4. The van der Waals surface area contributed by atoms with Crippen molar-refractivity contribution in [3.8, 4) is 0 Å². The number of nitrogens with zero attached hydrogens (tertiary/aromatic N) is 4. The number of aliphatic hydroxyl groups is 1. The van der Waals surface area contributed by atoms with Crippen LogP contribution in [0.3, 0.4) is 0 Å². The summed E-state index contributed by atoms with van der Waals surface area (Å²) in [5.74, 6) is -0.160. The van der Waals surface area contributed by atoms with E-state index in [4.69, 9.17) is 0 Å². The van der Waals surface area contributed by atoms with Crippen LogP contribution in [-0.4, -0.2) is 42.8 Å². The Morgan fingerprint density at radius 2 is 2.13 bits per heavy atom. The average Bonchev–Trinajstić information content (AvgIpc) is 3.43. The first-order valence-electron chi connectivity index (χ1n) is 9.52. The molecule has 1 aliphatic rings. The number of nitrogens with one attached hydrogen (secondary N) is 1. The third-order valence-electron chi connectivity index (χ3n) is 5.09. The Labute approximate surface area is 180 Å². The maximum absolute atomic E-state index is 13.0. The summed E-state index contributed by atoms with van der Waals surface area (Å²) in [4.78, 5) is 20.8. The predicted molar refractivity (Wildman–Crippen MR) is 108 cm³/mol. The molecule has 0 aromatic carbocycles. The Bertz CT molecular complexity index is 1070. The fourth-order valence-corrected chi connectivity index (χ4v) is 4.38. The molecule has 3 atom stereocenters. The molecule has 3 heterocycles. The van der Waals surface area contributed by atoms with Gasteiger partial charge >= 0.3 is 6.18 Å². The number of halogens is 3. The van der Waals surface area contributed by atoms with Crippen LogP contribution in [-0.2, 0) is 12.7 Å². The van der Waals surface area contributed by atoms with Crippen molar-refractivity contribution in [3.63, 3.8) is 0 Å². The van der Waals surface area contributed by atoms with E-state index in [1.54, 1.807) is 0 Å². The molecule has 0 amide bonds. The highest BCUT2D eigenvalue weighted by atomic mass is 32.1. The van der Waals surface area contributed by atoms with Gasteiger partial charge in [-0.25, -0.2) is 9.97 Å². The number of aliphatic hydroxyl groups excluding tert-OH is 1. The molecule has 0 unspecified atom stereocenters. The van der Waals surface area contributed by atoms with Crippen LogP contribution in [0.5, 0.6) is 0 Å². The normalized spacial score (nSPS) is 21.4. The predicted octanol–water partition coefficient (Wildman–Crippen LogP) is 3.42. The smallest absolute Gasteiger partial charge is 0.393 e. The van der Waals surface area contributed by atoms with Gasteiger partial charge in [-0.15, -0.1) is 11.3 Å². The van der Waals surface area contributed by atoms with E-state index in [9.17, 15) is 23.1 Å². The number of rotatable bonds is 6. The Kier molecular flexibility index (Phi) is 5.80. The fourth-order valence-electron chi connectivity index (χ4n) is 3.51. The van der Waals surface area contributed by atoms with Crippen molar-refractivity contribution in [2.75, 3.05) is 5.32 Å². The molecule has 7 nitrogen and oxygen atoms in total. The van der Waals surface area contributed by atoms with E-state index in [-0.39, 0.29) is 29.8 Å². The molecule has 4 rings (SSSR count). The van der Waals surface area contributed by atoms with Crippen molar-refractivity contribution in [1.29, 1.82) is 0 Å². The zero-order valence-electron chi connectivity index (χ0n) is 16.2. The minimum atomic E-state index is -4.38. The van der Waals surface area contributed by atoms with E-state index >= 15 is 0 Å². The highest BCUT2D eigenvalue weighted by Gasteiger charge is 2.33. The molecular weight excluding hydrogens is 431 g/mol. The number of alkyl halides is 3. The number of carbonyl (C=O) groups excluding carboxylic acids is 1. The number of aromatic nitrogens is 4. The number of thiophene rings is 1. The zero-order valence-corrected chi connectivity index (χ0v) is 17.0. The van der Waals surface area contributed by atoms with E-state index in [1.165, 1.54) is 35.5 Å². The topological polar surface area (TPSA) is 92.9 Å². The lowest BCUT2D eigenvalue weighted by atomic mass is 10.1. The van der Waals surface area contributed by atoms with Crippen LogP contribution in [0.2, 0.25) is 0 Å². The molecule has 3 aromatic rings. The number of anilines is 1. The van der Waals surface area contributed by atoms with Crippen LogP contribution in [0, 0.1) is 12.8 Å². The van der Waals surface area contributed by atoms with Crippen LogP contribution < -0.4 is 5.32 Å². The molecule has 1 saturated carbocycles. The molecule has 163 valence electrons. The van der Waals surface area contributed by atoms with E-state index in [1.807, 2.05) is 0 Å². The number of hydrogen-bond acceptors (Lipinski definition) is 7. The first-order valence-corrected chi connectivity index (χ1v) is 10.3. The summed E-state index contributed by atoms with van der Waals surface area (Å²) in [5.41, 5.74) is 0.358. The van der Waals surface area contributed by atoms with Crippen LogP contribution in [0.15, 0.2) is 36.9 Å². The Hall–Kier alpha value is -2.79. The minimum Gasteiger partial charge on any atom is -0.393 e. The minimum absolute atomic E-state index is 0.0711. The third-order valence-corrected chi connectivity index (χ3v) is 6.20. The third kappa shape index (κ3) is 4.77. The molecule has 0 spiro atoms. The van der Waals surface area contributed by atoms with Crippen molar-refractivity contribution >= 4 is 22.9 Å². The summed E-state index contributed by atoms with van der Waals surface area (Å²) in [6, 6.07) is 3.86. The molecule has 0 bridgehead atoms. The van der Waals surface area contributed by atoms with Gasteiger partial charge in [0.25, 0.3) is 0 Å². The van der Waals surface area contributed by atoms with Crippen LogP contribution >= 0.6 is 11.3 Å². The standard InChI is InChI=1S/C20H19F3N5O2S/c1-11-6-12(7-16(11)29)26-19-14(8-24-10-25-19)18(30)15-4-5-28(27-15)9-13-2-3-17(31-13)20(21,22)23/h2-5,8,10-12,16,29H,1,6-7,9H2,(H,24,25,26)/t11-,12-,16+/m1/s1. The Morgan fingerprint density at radius 3 is 2.81 bits per heavy atom. The van der Waals surface area contributed by atoms with Gasteiger partial charge in [-0.2, -0.15) is 18.3 Å². The fraction of sp³-hybridized carbons (Fsp3) is 0.350. The van der Waals surface area contributed by atoms with Crippen molar-refractivity contribution in [3.05, 3.63) is 64.9 Å². The molecule has 1 radical (unpaired) electrons. The monoisotopic (exact) mass is 450 g/mol. The Morgan fingerprint density at radius 1 is 1.32 bits per heavy atom. The average molecular weight is 450 g/mol. The molecule has 2 N–H and O–H groups in total. The molecule has 31 heavy (non-hydrogen) atoms. The van der Waals surface area contributed by atoms with Gasteiger partial charge in [0.15, 0.2) is 0 Å². The van der Waals surface area contributed by atoms with E-state index in [0.717, 1.165) is 6.07 Å². The largest absolute Gasteiger partial charge is 0.425 e. The van der Waals surface area contributed by atoms with Gasteiger partial charge in [-0.05, 0) is 43.9 Å². The van der Waals surface area contributed by atoms with Gasteiger partial charge in [0.2, 0.25) is 5.78 Å². The molecule has 1 fully saturated rings. The summed E-state index contributed by atoms with van der Waals surface area (Å²) in [7, 11) is 0. The van der Waals surface area contributed by atoms with Crippen LogP contribution in [0.4, 0.5) is 19.0 Å². The molecule has 11 heteroatoms. The van der Waals surface area contributed by atoms with Crippen molar-refractivity contribution in [2.45, 2.75) is 37.7 Å². The quantitative estimate of drug-likeness (QED) is 0.559. The lowest BCUT2D eigenvalue weighted by molar-refractivity contribution is -0.134. The molecule has 0 aliphatic heterocycles. The van der Waals surface area contributed by atoms with Gasteiger partial charge in [0.1, 0.15) is 22.7 Å². The highest BCUT2D eigenvalue weighted by molar-refractivity contribution is 7.12. The van der Waals surface area contributed by atoms with Gasteiger partial charge in [0.05, 0.1) is 18.2 Å². The number of carbonyl (C=O) groups is 1. The molecule has 0 saturated heterocycles. The lowest BCUT2D eigenvalue weighted by Gasteiger charge is -2.14. The highest BCUT2D eigenvalue weighted by Crippen LogP contribution is 2.35. The zero-order chi connectivity index (χ0) is 22.2. The molecule has 1 aliphatic carbocycles. The van der Waals surface area contributed by atoms with Gasteiger partial charge in [-0.3, -0.25) is 9.48 Å². The molecular formula is C20H19F3N5O2S. The summed E-state index contributed by atoms with van der Waals surface area (Å²) in [5, 5.41) is 17.3. The lowest BCUT2D eigenvalue weighted by Crippen LogP contribution is -2.20. The van der Waals surface area contributed by atoms with Gasteiger partial charge in [0, 0.05) is 23.3 Å². The summed E-state index contributed by atoms with van der Waals surface area (Å²) < 4.78 is 39.7. The maximum Gasteiger partial charge on any atom is 0.425 e. The SMILES string of the molecule is [CH2][C@@H]1C[C@@H](Nc2ncncc2C(=O)c2ccn(Cc3ccc(C(F)(F)F)s3)n2)C[C@@H]1O. The van der Waals surface area contributed by atoms with Crippen molar-refractivity contribution < 1.29 is 23.1 Å². The number of ketones is 1. The van der Waals surface area contributed by atoms with Crippen LogP contribution in [0.1, 0.15) is 38.6 Å². The van der Waals surface area contributed by atoms with E-state index in [0.29, 0.717) is 34.9 Å². The molecule has 3 aromatic heterocycles. The van der Waals surface area contributed by atoms with Gasteiger partial charge < -0.3 is 10.4 Å². The second-order valence-electron chi connectivity index (χ2n) is 7.42. The van der Waals surface area contributed by atoms with Gasteiger partial charge in [-0.1, -0.05) is 0 Å². The van der Waals surface area contributed by atoms with E-state index < -0.39 is 22.9 Å². The van der Waals surface area contributed by atoms with Crippen molar-refractivity contribution in [1.82, 2.24) is 19.7 Å². The maximum atomic E-state index is 13.0. The first-order chi connectivity index (χ1) is 14.7. The Balaban J connectivity index is 1.48. The second kappa shape index (κ2) is 8.39. The van der Waals surface area contributed by atoms with Crippen LogP contribution in [0.25, 0.3) is 0 Å². The summed E-state index contributed by atoms with van der Waals surface area (Å²) in [6.45, 7) is 4.02. The second-order valence-corrected chi connectivity index (χ2v) is 8.58.